The van der Waals surface area contributed by atoms with E-state index in [-0.39, 0.29) is 5.82 Å². The second-order valence-corrected chi connectivity index (χ2v) is 7.34. The largest absolute Gasteiger partial charge is 0.312 e. The monoisotopic (exact) mass is 368 g/mol. The average Bonchev–Trinajstić information content (AvgIpc) is 3.23. The zero-order chi connectivity index (χ0) is 14.8. The molecule has 0 atom stereocenters. The number of nitrogens with zero attached hydrogens (tertiary/aromatic N) is 1. The van der Waals surface area contributed by atoms with E-state index in [1.54, 1.807) is 23.5 Å². The first kappa shape index (κ1) is 15.1. The van der Waals surface area contributed by atoms with E-state index in [4.69, 9.17) is 4.98 Å². The number of rotatable bonds is 6. The van der Waals surface area contributed by atoms with Crippen molar-refractivity contribution in [3.63, 3.8) is 0 Å². The third-order valence-electron chi connectivity index (χ3n) is 3.56. The molecule has 1 saturated carbocycles. The predicted octanol–water partition coefficient (Wildman–Crippen LogP) is 5.09. The fourth-order valence-corrected chi connectivity index (χ4v) is 4.03. The quantitative estimate of drug-likeness (QED) is 0.718. The van der Waals surface area contributed by atoms with E-state index in [1.165, 1.54) is 29.5 Å². The number of hydrogen-bond acceptors (Lipinski definition) is 3. The Balaban J connectivity index is 1.92. The van der Waals surface area contributed by atoms with Gasteiger partial charge in [0.05, 0.1) is 5.69 Å². The highest BCUT2D eigenvalue weighted by atomic mass is 79.9. The number of aromatic nitrogens is 1. The SMILES string of the molecule is CCCNCc1sc(-c2cc(F)ccc2Br)nc1C1CC1. The van der Waals surface area contributed by atoms with E-state index >= 15 is 0 Å². The van der Waals surface area contributed by atoms with Gasteiger partial charge in [-0.15, -0.1) is 11.3 Å². The van der Waals surface area contributed by atoms with Crippen LogP contribution in [0, 0.1) is 5.82 Å². The Hall–Kier alpha value is -0.780. The molecule has 1 N–H and O–H groups in total. The number of nitrogens with one attached hydrogen (secondary N) is 1. The summed E-state index contributed by atoms with van der Waals surface area (Å²) in [7, 11) is 0. The van der Waals surface area contributed by atoms with Crippen molar-refractivity contribution >= 4 is 27.3 Å². The summed E-state index contributed by atoms with van der Waals surface area (Å²) < 4.78 is 14.4. The minimum absolute atomic E-state index is 0.220. The van der Waals surface area contributed by atoms with E-state index in [2.05, 4.69) is 28.2 Å². The number of thiazole rings is 1. The Labute approximate surface area is 136 Å². The van der Waals surface area contributed by atoms with Gasteiger partial charge in [0.1, 0.15) is 10.8 Å². The Morgan fingerprint density at radius 2 is 2.24 bits per heavy atom. The molecule has 0 amide bonds. The lowest BCUT2D eigenvalue weighted by atomic mass is 10.2. The third-order valence-corrected chi connectivity index (χ3v) is 5.36. The Bertz CT molecular complexity index is 637. The van der Waals surface area contributed by atoms with Crippen molar-refractivity contribution in [1.29, 1.82) is 0 Å². The van der Waals surface area contributed by atoms with Crippen molar-refractivity contribution in [2.45, 2.75) is 38.6 Å². The summed E-state index contributed by atoms with van der Waals surface area (Å²) in [6.45, 7) is 4.04. The second kappa shape index (κ2) is 6.55. The van der Waals surface area contributed by atoms with Crippen LogP contribution in [-0.2, 0) is 6.54 Å². The van der Waals surface area contributed by atoms with Gasteiger partial charge < -0.3 is 5.32 Å². The van der Waals surface area contributed by atoms with E-state index in [9.17, 15) is 4.39 Å². The van der Waals surface area contributed by atoms with E-state index in [1.807, 2.05) is 0 Å². The standard InChI is InChI=1S/C16H18BrFN2S/c1-2-7-19-9-14-15(10-3-4-10)20-16(21-14)12-8-11(18)5-6-13(12)17/h5-6,8,10,19H,2-4,7,9H2,1H3. The Kier molecular flexibility index (Phi) is 4.72. The zero-order valence-corrected chi connectivity index (χ0v) is 14.4. The maximum absolute atomic E-state index is 13.5. The van der Waals surface area contributed by atoms with Gasteiger partial charge >= 0.3 is 0 Å². The fourth-order valence-electron chi connectivity index (χ4n) is 2.32. The molecule has 0 radical (unpaired) electrons. The topological polar surface area (TPSA) is 24.9 Å². The van der Waals surface area contributed by atoms with Crippen molar-refractivity contribution in [2.24, 2.45) is 0 Å². The van der Waals surface area contributed by atoms with Crippen molar-refractivity contribution < 1.29 is 4.39 Å². The first-order valence-electron chi connectivity index (χ1n) is 7.34. The zero-order valence-electron chi connectivity index (χ0n) is 12.0. The van der Waals surface area contributed by atoms with Crippen LogP contribution in [0.5, 0.6) is 0 Å². The summed E-state index contributed by atoms with van der Waals surface area (Å²) in [5, 5.41) is 4.36. The molecule has 3 rings (SSSR count). The van der Waals surface area contributed by atoms with Crippen molar-refractivity contribution in [3.8, 4) is 10.6 Å². The lowest BCUT2D eigenvalue weighted by Crippen LogP contribution is -2.13. The molecule has 112 valence electrons. The van der Waals surface area contributed by atoms with Crippen LogP contribution in [0.4, 0.5) is 4.39 Å². The molecule has 0 unspecified atom stereocenters. The van der Waals surface area contributed by atoms with Crippen molar-refractivity contribution in [2.75, 3.05) is 6.54 Å². The summed E-state index contributed by atoms with van der Waals surface area (Å²) in [6, 6.07) is 4.77. The molecule has 1 fully saturated rings. The summed E-state index contributed by atoms with van der Waals surface area (Å²) in [6.07, 6.45) is 3.59. The molecule has 2 aromatic rings. The summed E-state index contributed by atoms with van der Waals surface area (Å²) in [5.41, 5.74) is 2.07. The van der Waals surface area contributed by atoms with Crippen LogP contribution in [0.2, 0.25) is 0 Å². The normalized spacial score (nSPS) is 14.6. The smallest absolute Gasteiger partial charge is 0.125 e. The van der Waals surface area contributed by atoms with Crippen LogP contribution in [-0.4, -0.2) is 11.5 Å². The van der Waals surface area contributed by atoms with Gasteiger partial charge in [-0.3, -0.25) is 0 Å². The van der Waals surface area contributed by atoms with E-state index in [0.717, 1.165) is 34.6 Å². The van der Waals surface area contributed by atoms with Gasteiger partial charge in [-0.05, 0) is 44.0 Å². The summed E-state index contributed by atoms with van der Waals surface area (Å²) >= 11 is 5.19. The molecular weight excluding hydrogens is 351 g/mol. The van der Waals surface area contributed by atoms with Crippen LogP contribution in [0.3, 0.4) is 0 Å². The predicted molar refractivity (Wildman–Crippen MR) is 89.2 cm³/mol. The first-order valence-corrected chi connectivity index (χ1v) is 8.95. The van der Waals surface area contributed by atoms with Gasteiger partial charge in [0.25, 0.3) is 0 Å². The van der Waals surface area contributed by atoms with Crippen molar-refractivity contribution in [1.82, 2.24) is 10.3 Å². The minimum atomic E-state index is -0.220. The number of halogens is 2. The molecule has 1 heterocycles. The average molecular weight is 369 g/mol. The van der Waals surface area contributed by atoms with Gasteiger partial charge in [0, 0.05) is 27.4 Å². The van der Waals surface area contributed by atoms with E-state index < -0.39 is 0 Å². The highest BCUT2D eigenvalue weighted by molar-refractivity contribution is 9.10. The number of benzene rings is 1. The third kappa shape index (κ3) is 3.52. The van der Waals surface area contributed by atoms with Gasteiger partial charge in [0.2, 0.25) is 0 Å². The van der Waals surface area contributed by atoms with Crippen LogP contribution >= 0.6 is 27.3 Å². The fraction of sp³-hybridized carbons (Fsp3) is 0.438. The second-order valence-electron chi connectivity index (χ2n) is 5.40. The Morgan fingerprint density at radius 1 is 1.43 bits per heavy atom. The van der Waals surface area contributed by atoms with Crippen LogP contribution < -0.4 is 5.32 Å². The maximum Gasteiger partial charge on any atom is 0.125 e. The molecule has 21 heavy (non-hydrogen) atoms. The maximum atomic E-state index is 13.5. The molecule has 0 spiro atoms. The highest BCUT2D eigenvalue weighted by Gasteiger charge is 2.30. The minimum Gasteiger partial charge on any atom is -0.312 e. The Morgan fingerprint density at radius 3 is 2.95 bits per heavy atom. The van der Waals surface area contributed by atoms with E-state index in [0.29, 0.717) is 5.92 Å². The van der Waals surface area contributed by atoms with Gasteiger partial charge in [-0.25, -0.2) is 9.37 Å². The highest BCUT2D eigenvalue weighted by Crippen LogP contribution is 2.45. The lowest BCUT2D eigenvalue weighted by molar-refractivity contribution is 0.628. The molecule has 2 nitrogen and oxygen atoms in total. The van der Waals surface area contributed by atoms with Crippen LogP contribution in [0.25, 0.3) is 10.6 Å². The van der Waals surface area contributed by atoms with Gasteiger partial charge in [0.15, 0.2) is 0 Å². The molecule has 1 aliphatic rings. The lowest BCUT2D eigenvalue weighted by Gasteiger charge is -2.02. The molecule has 1 aromatic heterocycles. The molecule has 0 bridgehead atoms. The summed E-state index contributed by atoms with van der Waals surface area (Å²) in [4.78, 5) is 6.11. The molecular formula is C16H18BrFN2S. The molecule has 5 heteroatoms. The van der Waals surface area contributed by atoms with Gasteiger partial charge in [-0.2, -0.15) is 0 Å². The summed E-state index contributed by atoms with van der Waals surface area (Å²) in [5.74, 6) is 0.391. The van der Waals surface area contributed by atoms with Gasteiger partial charge in [-0.1, -0.05) is 22.9 Å². The van der Waals surface area contributed by atoms with Crippen molar-refractivity contribution in [3.05, 3.63) is 39.1 Å². The molecule has 1 aliphatic carbocycles. The molecule has 0 saturated heterocycles. The van der Waals surface area contributed by atoms with Crippen LogP contribution in [0.15, 0.2) is 22.7 Å². The number of hydrogen-bond donors (Lipinski definition) is 1. The molecule has 0 aliphatic heterocycles. The molecule has 1 aromatic carbocycles. The van der Waals surface area contributed by atoms with Crippen LogP contribution in [0.1, 0.15) is 42.7 Å². The first-order chi connectivity index (χ1) is 10.2.